The SMILES string of the molecule is O=C1c2cc(S(=O)(=O)O)ccc2C(=Nc2ccc(-c3ccc(N=C4c5ccc(S(=O)(=O)O)cc5C(=O)c5ccc(S(=O)(=O)O)cc54)cc3)cc2)c2cc(S(=O)(=O)O)ccc21. The van der Waals surface area contributed by atoms with E-state index < -0.39 is 71.6 Å². The normalized spacial score (nSPS) is 15.3. The van der Waals surface area contributed by atoms with Crippen molar-refractivity contribution in [1.82, 2.24) is 0 Å². The van der Waals surface area contributed by atoms with Crippen LogP contribution in [0.1, 0.15) is 54.1 Å². The molecule has 60 heavy (non-hydrogen) atoms. The van der Waals surface area contributed by atoms with E-state index in [1.54, 1.807) is 48.5 Å². The number of aliphatic imine (C=N–C) groups is 2. The smallest absolute Gasteiger partial charge is 0.289 e. The lowest BCUT2D eigenvalue weighted by atomic mass is 9.83. The topological polar surface area (TPSA) is 276 Å². The second-order valence-corrected chi connectivity index (χ2v) is 19.1. The Balaban J connectivity index is 1.17. The third-order valence-corrected chi connectivity index (χ3v) is 13.1. The fourth-order valence-electron chi connectivity index (χ4n) is 6.85. The number of hydrogen-bond donors (Lipinski definition) is 4. The van der Waals surface area contributed by atoms with Crippen molar-refractivity contribution < 1.29 is 61.5 Å². The summed E-state index contributed by atoms with van der Waals surface area (Å²) >= 11 is 0. The first-order valence-corrected chi connectivity index (χ1v) is 22.8. The second-order valence-electron chi connectivity index (χ2n) is 13.4. The number of fused-ring (bicyclic) bond motifs is 4. The minimum atomic E-state index is -4.70. The van der Waals surface area contributed by atoms with Crippen molar-refractivity contribution in [3.8, 4) is 11.1 Å². The fourth-order valence-corrected chi connectivity index (χ4v) is 8.88. The minimum absolute atomic E-state index is 0.0325. The van der Waals surface area contributed by atoms with Crippen molar-refractivity contribution in [2.45, 2.75) is 19.6 Å². The molecule has 2 aliphatic rings. The summed E-state index contributed by atoms with van der Waals surface area (Å²) in [5, 5.41) is 0. The molecule has 20 heteroatoms. The van der Waals surface area contributed by atoms with E-state index in [4.69, 9.17) is 0 Å². The summed E-state index contributed by atoms with van der Waals surface area (Å²) in [7, 11) is -18.8. The predicted molar refractivity (Wildman–Crippen MR) is 214 cm³/mol. The van der Waals surface area contributed by atoms with Gasteiger partial charge in [-0.05, 0) is 96.1 Å². The van der Waals surface area contributed by atoms with Crippen LogP contribution in [0.3, 0.4) is 0 Å². The summed E-state index contributed by atoms with van der Waals surface area (Å²) in [5.41, 5.74) is 2.21. The van der Waals surface area contributed by atoms with Crippen LogP contribution in [-0.2, 0) is 40.5 Å². The highest BCUT2D eigenvalue weighted by molar-refractivity contribution is 7.86. The van der Waals surface area contributed by atoms with Gasteiger partial charge in [0.2, 0.25) is 0 Å². The first-order valence-electron chi connectivity index (χ1n) is 17.0. The Bertz CT molecular complexity index is 3200. The Morgan fingerprint density at radius 3 is 0.867 bits per heavy atom. The van der Waals surface area contributed by atoms with Crippen LogP contribution >= 0.6 is 0 Å². The van der Waals surface area contributed by atoms with Crippen LogP contribution in [0.15, 0.2) is 151 Å². The molecule has 0 saturated carbocycles. The van der Waals surface area contributed by atoms with Gasteiger partial charge in [0.1, 0.15) is 0 Å². The van der Waals surface area contributed by atoms with Crippen LogP contribution in [0.4, 0.5) is 11.4 Å². The van der Waals surface area contributed by atoms with Gasteiger partial charge in [-0.15, -0.1) is 0 Å². The maximum absolute atomic E-state index is 13.5. The first-order chi connectivity index (χ1) is 28.1. The quantitative estimate of drug-likeness (QED) is 0.138. The fraction of sp³-hybridized carbons (Fsp3) is 0. The number of ketones is 2. The largest absolute Gasteiger partial charge is 0.294 e. The van der Waals surface area contributed by atoms with Crippen LogP contribution in [0.2, 0.25) is 0 Å². The monoisotopic (exact) mass is 884 g/mol. The van der Waals surface area contributed by atoms with E-state index in [0.29, 0.717) is 22.5 Å². The molecule has 0 fully saturated rings. The average molecular weight is 885 g/mol. The minimum Gasteiger partial charge on any atom is -0.289 e. The van der Waals surface area contributed by atoms with Crippen LogP contribution in [0, 0.1) is 0 Å². The standard InChI is InChI=1S/C40H24N2O14S4/c43-39-31-15-11-25(57(45,46)47)17-33(31)37(29-13-9-27(19-35(29)39)59(51,52)53)41-23-5-1-21(2-6-23)22-3-7-24(8-4-22)42-38-30-14-10-28(60(54,55)56)20-36(30)40(44)32-16-12-26(18-34(32)38)58(48,49)50/h1-20H,(H,45,46,47)(H,48,49,50)(H,51,52,53)(H,54,55,56). The van der Waals surface area contributed by atoms with Gasteiger partial charge in [-0.25, -0.2) is 9.98 Å². The molecule has 4 N–H and O–H groups in total. The van der Waals surface area contributed by atoms with Crippen LogP contribution < -0.4 is 0 Å². The van der Waals surface area contributed by atoms with E-state index in [9.17, 15) is 61.5 Å². The number of carbonyl (C=O) groups is 2. The van der Waals surface area contributed by atoms with Crippen LogP contribution in [0.25, 0.3) is 11.1 Å². The molecule has 0 aromatic heterocycles. The Labute approximate surface area is 341 Å². The molecule has 0 aliphatic heterocycles. The lowest BCUT2D eigenvalue weighted by molar-refractivity contribution is 0.102. The molecular weight excluding hydrogens is 861 g/mol. The summed E-state index contributed by atoms with van der Waals surface area (Å²) in [4.78, 5) is 34.2. The van der Waals surface area contributed by atoms with E-state index in [0.717, 1.165) is 48.5 Å². The van der Waals surface area contributed by atoms with Crippen molar-refractivity contribution in [2.24, 2.45) is 9.98 Å². The zero-order valence-electron chi connectivity index (χ0n) is 29.9. The number of hydrogen-bond acceptors (Lipinski definition) is 12. The zero-order valence-corrected chi connectivity index (χ0v) is 33.2. The molecule has 0 heterocycles. The summed E-state index contributed by atoms with van der Waals surface area (Å²) < 4.78 is 134. The average Bonchev–Trinajstić information content (AvgIpc) is 3.19. The Hall–Kier alpha value is -6.36. The molecule has 8 rings (SSSR count). The van der Waals surface area contributed by atoms with Gasteiger partial charge in [0.05, 0.1) is 42.4 Å². The summed E-state index contributed by atoms with van der Waals surface area (Å²) in [6.45, 7) is 0. The second kappa shape index (κ2) is 14.1. The van der Waals surface area contributed by atoms with E-state index in [1.165, 1.54) is 24.3 Å². The van der Waals surface area contributed by atoms with E-state index >= 15 is 0 Å². The maximum atomic E-state index is 13.5. The van der Waals surface area contributed by atoms with Gasteiger partial charge in [-0.2, -0.15) is 33.7 Å². The number of benzene rings is 6. The molecule has 0 spiro atoms. The molecule has 6 aromatic rings. The van der Waals surface area contributed by atoms with Crippen molar-refractivity contribution in [3.63, 3.8) is 0 Å². The maximum Gasteiger partial charge on any atom is 0.294 e. The summed E-state index contributed by atoms with van der Waals surface area (Å²) in [5.74, 6) is -1.34. The van der Waals surface area contributed by atoms with Crippen molar-refractivity contribution >= 4 is 74.8 Å². The van der Waals surface area contributed by atoms with E-state index in [1.807, 2.05) is 0 Å². The third kappa shape index (κ3) is 7.41. The highest BCUT2D eigenvalue weighted by atomic mass is 32.2. The third-order valence-electron chi connectivity index (χ3n) is 9.70. The number of nitrogens with zero attached hydrogens (tertiary/aromatic N) is 2. The molecule has 0 saturated heterocycles. The Morgan fingerprint density at radius 1 is 0.317 bits per heavy atom. The Kier molecular flexibility index (Phi) is 9.53. The molecule has 302 valence electrons. The number of carbonyl (C=O) groups excluding carboxylic acids is 2. The Morgan fingerprint density at radius 2 is 0.583 bits per heavy atom. The van der Waals surface area contributed by atoms with Crippen molar-refractivity contribution in [3.05, 3.63) is 166 Å². The van der Waals surface area contributed by atoms with Gasteiger partial charge in [0.15, 0.2) is 11.6 Å². The molecule has 0 amide bonds. The predicted octanol–water partition coefficient (Wildman–Crippen LogP) is 5.77. The van der Waals surface area contributed by atoms with Gasteiger partial charge >= 0.3 is 0 Å². The van der Waals surface area contributed by atoms with E-state index in [2.05, 4.69) is 9.98 Å². The molecule has 0 radical (unpaired) electrons. The highest BCUT2D eigenvalue weighted by Gasteiger charge is 2.33. The molecule has 2 aliphatic carbocycles. The molecule has 0 unspecified atom stereocenters. The van der Waals surface area contributed by atoms with Crippen molar-refractivity contribution in [2.75, 3.05) is 0 Å². The number of rotatable bonds is 7. The van der Waals surface area contributed by atoms with Gasteiger partial charge in [-0.3, -0.25) is 27.8 Å². The lowest BCUT2D eigenvalue weighted by Gasteiger charge is -2.22. The van der Waals surface area contributed by atoms with Crippen molar-refractivity contribution in [1.29, 1.82) is 0 Å². The molecular formula is C40H24N2O14S4. The van der Waals surface area contributed by atoms with Crippen LogP contribution in [0.5, 0.6) is 0 Å². The summed E-state index contributed by atoms with van der Waals surface area (Å²) in [6, 6.07) is 26.4. The van der Waals surface area contributed by atoms with Gasteiger partial charge in [-0.1, -0.05) is 36.4 Å². The van der Waals surface area contributed by atoms with E-state index in [-0.39, 0.29) is 55.9 Å². The summed E-state index contributed by atoms with van der Waals surface area (Å²) in [6.07, 6.45) is 0. The van der Waals surface area contributed by atoms with Crippen LogP contribution in [-0.4, -0.2) is 74.9 Å². The lowest BCUT2D eigenvalue weighted by Crippen LogP contribution is -2.22. The van der Waals surface area contributed by atoms with Gasteiger partial charge in [0, 0.05) is 44.5 Å². The zero-order chi connectivity index (χ0) is 43.1. The van der Waals surface area contributed by atoms with Gasteiger partial charge < -0.3 is 0 Å². The molecule has 0 atom stereocenters. The molecule has 6 aromatic carbocycles. The molecule has 0 bridgehead atoms. The first kappa shape index (κ1) is 40.4. The van der Waals surface area contributed by atoms with Gasteiger partial charge in [0.25, 0.3) is 40.5 Å². The highest BCUT2D eigenvalue weighted by Crippen LogP contribution is 2.36. The molecule has 16 nitrogen and oxygen atoms in total.